The summed E-state index contributed by atoms with van der Waals surface area (Å²) in [5.74, 6) is -0.770. The number of hydrogen-bond donors (Lipinski definition) is 3. The lowest BCUT2D eigenvalue weighted by Crippen LogP contribution is -2.15. The van der Waals surface area contributed by atoms with Gasteiger partial charge in [0.05, 0.1) is 17.9 Å². The van der Waals surface area contributed by atoms with E-state index in [4.69, 9.17) is 16.2 Å². The van der Waals surface area contributed by atoms with Crippen LogP contribution in [-0.4, -0.2) is 23.5 Å². The summed E-state index contributed by atoms with van der Waals surface area (Å²) in [7, 11) is 0. The molecule has 5 N–H and O–H groups in total. The Morgan fingerprint density at radius 2 is 1.97 bits per heavy atom. The molecule has 0 aliphatic heterocycles. The zero-order valence-corrected chi connectivity index (χ0v) is 22.6. The van der Waals surface area contributed by atoms with E-state index in [2.05, 4.69) is 16.4 Å². The van der Waals surface area contributed by atoms with E-state index in [-0.39, 0.29) is 28.6 Å². The van der Waals surface area contributed by atoms with Crippen LogP contribution < -0.4 is 16.8 Å². The second kappa shape index (κ2) is 10.5. The normalized spacial score (nSPS) is 13.4. The number of nitrogens with zero attached hydrogens (tertiary/aromatic N) is 2. The number of ether oxygens (including phenoxy) is 1. The molecule has 8 nitrogen and oxygen atoms in total. The van der Waals surface area contributed by atoms with Crippen LogP contribution in [0.4, 0.5) is 16.5 Å². The fourth-order valence-corrected chi connectivity index (χ4v) is 7.66. The monoisotopic (exact) mass is 551 g/mol. The second-order valence-electron chi connectivity index (χ2n) is 8.69. The van der Waals surface area contributed by atoms with Crippen molar-refractivity contribution in [3.63, 3.8) is 0 Å². The van der Waals surface area contributed by atoms with Crippen molar-refractivity contribution in [3.05, 3.63) is 43.3 Å². The van der Waals surface area contributed by atoms with Crippen molar-refractivity contribution in [2.24, 2.45) is 0 Å². The van der Waals surface area contributed by atoms with Crippen LogP contribution in [0, 0.1) is 11.3 Å². The molecule has 4 aromatic rings. The van der Waals surface area contributed by atoms with Gasteiger partial charge in [-0.3, -0.25) is 4.79 Å². The molecule has 37 heavy (non-hydrogen) atoms. The van der Waals surface area contributed by atoms with E-state index in [0.29, 0.717) is 26.3 Å². The molecule has 0 unspecified atom stereocenters. The van der Waals surface area contributed by atoms with Crippen molar-refractivity contribution in [1.82, 2.24) is 4.98 Å². The second-order valence-corrected chi connectivity index (χ2v) is 11.6. The minimum absolute atomic E-state index is 0.0899. The Hall–Kier alpha value is -3.46. The summed E-state index contributed by atoms with van der Waals surface area (Å²) in [6.07, 6.45) is 5.96. The number of carbonyl (C=O) groups excluding carboxylic acids is 2. The van der Waals surface area contributed by atoms with Gasteiger partial charge in [0.2, 0.25) is 0 Å². The van der Waals surface area contributed by atoms with Gasteiger partial charge in [-0.15, -0.1) is 22.7 Å². The lowest BCUT2D eigenvalue weighted by atomic mass is 9.96. The van der Waals surface area contributed by atoms with Gasteiger partial charge in [0.25, 0.3) is 5.91 Å². The molecule has 1 aliphatic rings. The number of nitrogens with two attached hydrogens (primary N) is 2. The first-order chi connectivity index (χ1) is 17.9. The highest BCUT2D eigenvalue weighted by Gasteiger charge is 2.29. The van der Waals surface area contributed by atoms with E-state index in [0.717, 1.165) is 65.9 Å². The van der Waals surface area contributed by atoms with Crippen LogP contribution in [0.2, 0.25) is 0 Å². The molecule has 4 aromatic heterocycles. The lowest BCUT2D eigenvalue weighted by molar-refractivity contribution is 0.0526. The topological polar surface area (TPSA) is 144 Å². The zero-order chi connectivity index (χ0) is 26.1. The summed E-state index contributed by atoms with van der Waals surface area (Å²) in [6, 6.07) is 4.01. The van der Waals surface area contributed by atoms with Crippen LogP contribution >= 0.6 is 34.0 Å². The summed E-state index contributed by atoms with van der Waals surface area (Å²) < 4.78 is 5.36. The average molecular weight is 552 g/mol. The first-order valence-corrected chi connectivity index (χ1v) is 14.6. The molecule has 0 saturated carbocycles. The van der Waals surface area contributed by atoms with E-state index in [1.807, 2.05) is 16.8 Å². The minimum Gasteiger partial charge on any atom is -0.462 e. The molecule has 0 bridgehead atoms. The van der Waals surface area contributed by atoms with Crippen LogP contribution in [0.25, 0.3) is 21.3 Å². The Bertz CT molecular complexity index is 1550. The van der Waals surface area contributed by atoms with E-state index in [1.54, 1.807) is 6.92 Å². The molecule has 4 heterocycles. The van der Waals surface area contributed by atoms with Crippen LogP contribution in [0.15, 0.2) is 16.8 Å². The quantitative estimate of drug-likeness (QED) is 0.250. The fraction of sp³-hybridized carbons (Fsp3) is 0.308. The van der Waals surface area contributed by atoms with Gasteiger partial charge in [-0.25, -0.2) is 9.78 Å². The van der Waals surface area contributed by atoms with Gasteiger partial charge in [-0.1, -0.05) is 12.8 Å². The average Bonchev–Trinajstić information content (AvgIpc) is 3.57. The number of esters is 1. The Balaban J connectivity index is 1.60. The third-order valence-corrected chi connectivity index (χ3v) is 9.40. The van der Waals surface area contributed by atoms with Gasteiger partial charge in [0.15, 0.2) is 0 Å². The number of hydrogen-bond acceptors (Lipinski definition) is 10. The lowest BCUT2D eigenvalue weighted by Gasteiger charge is -2.11. The zero-order valence-electron chi connectivity index (χ0n) is 20.2. The molecule has 190 valence electrons. The van der Waals surface area contributed by atoms with Crippen LogP contribution in [-0.2, 0) is 17.6 Å². The van der Waals surface area contributed by atoms with Gasteiger partial charge in [0, 0.05) is 15.8 Å². The number of nitrogens with one attached hydrogen (secondary N) is 1. The highest BCUT2D eigenvalue weighted by atomic mass is 32.1. The van der Waals surface area contributed by atoms with Crippen LogP contribution in [0.1, 0.15) is 68.6 Å². The number of amides is 1. The molecule has 0 saturated heterocycles. The van der Waals surface area contributed by atoms with Gasteiger partial charge in [-0.05, 0) is 60.6 Å². The highest BCUT2D eigenvalue weighted by molar-refractivity contribution is 7.21. The number of aryl methyl sites for hydroxylation is 1. The number of carbonyl (C=O) groups is 2. The van der Waals surface area contributed by atoms with E-state index in [9.17, 15) is 14.9 Å². The largest absolute Gasteiger partial charge is 0.462 e. The molecule has 0 aromatic carbocycles. The molecular weight excluding hydrogens is 527 g/mol. The predicted molar refractivity (Wildman–Crippen MR) is 151 cm³/mol. The number of rotatable bonds is 5. The number of pyridine rings is 1. The standard InChI is InChI=1S/C26H25N5O3S3/c1-2-34-26(33)18-14-7-5-3-4-6-8-16(14)36-24(18)31-23(32)21-20(28)19-17(13-9-10-35-12-13)15(11-27)22(29)30-25(19)37-21/h9-10,12H,2-8,28H2,1H3,(H2,29,30)(H,31,32). The van der Waals surface area contributed by atoms with Gasteiger partial charge < -0.3 is 21.5 Å². The van der Waals surface area contributed by atoms with Gasteiger partial charge >= 0.3 is 5.97 Å². The maximum Gasteiger partial charge on any atom is 0.341 e. The first-order valence-electron chi connectivity index (χ1n) is 12.0. The number of fused-ring (bicyclic) bond motifs is 2. The fourth-order valence-electron chi connectivity index (χ4n) is 4.73. The first kappa shape index (κ1) is 25.2. The number of anilines is 3. The van der Waals surface area contributed by atoms with Crippen molar-refractivity contribution in [2.75, 3.05) is 23.4 Å². The number of aromatic nitrogens is 1. The van der Waals surface area contributed by atoms with Crippen molar-refractivity contribution >= 4 is 72.6 Å². The Morgan fingerprint density at radius 3 is 2.68 bits per heavy atom. The number of nitriles is 1. The van der Waals surface area contributed by atoms with Gasteiger partial charge in [0.1, 0.15) is 32.2 Å². The Morgan fingerprint density at radius 1 is 1.19 bits per heavy atom. The molecular formula is C26H25N5O3S3. The molecule has 1 amide bonds. The molecule has 1 aliphatic carbocycles. The molecule has 0 radical (unpaired) electrons. The van der Waals surface area contributed by atoms with Gasteiger partial charge in [-0.2, -0.15) is 16.6 Å². The van der Waals surface area contributed by atoms with E-state index < -0.39 is 11.9 Å². The summed E-state index contributed by atoms with van der Waals surface area (Å²) in [5.41, 5.74) is 15.9. The third-order valence-electron chi connectivity index (χ3n) is 6.41. The molecule has 0 fully saturated rings. The SMILES string of the molecule is CCOC(=O)c1c(NC(=O)c2sc3nc(N)c(C#N)c(-c4ccsc4)c3c2N)sc2c1CCCCCC2. The smallest absolute Gasteiger partial charge is 0.341 e. The summed E-state index contributed by atoms with van der Waals surface area (Å²) in [4.78, 5) is 32.8. The van der Waals surface area contributed by atoms with Crippen molar-refractivity contribution in [2.45, 2.75) is 45.4 Å². The highest BCUT2D eigenvalue weighted by Crippen LogP contribution is 2.44. The summed E-state index contributed by atoms with van der Waals surface area (Å²) in [6.45, 7) is 2.02. The Kier molecular flexibility index (Phi) is 7.15. The van der Waals surface area contributed by atoms with E-state index in [1.165, 1.54) is 22.7 Å². The molecule has 0 atom stereocenters. The minimum atomic E-state index is -0.436. The van der Waals surface area contributed by atoms with E-state index >= 15 is 0 Å². The number of thiophene rings is 3. The van der Waals surface area contributed by atoms with Crippen LogP contribution in [0.3, 0.4) is 0 Å². The molecule has 0 spiro atoms. The summed E-state index contributed by atoms with van der Waals surface area (Å²) in [5, 5.41) is 17.5. The van der Waals surface area contributed by atoms with Crippen molar-refractivity contribution in [1.29, 1.82) is 5.26 Å². The number of nitrogen functional groups attached to an aromatic ring is 2. The summed E-state index contributed by atoms with van der Waals surface area (Å²) >= 11 is 4.04. The third kappa shape index (κ3) is 4.56. The molecule has 5 rings (SSSR count). The maximum atomic E-state index is 13.6. The van der Waals surface area contributed by atoms with Crippen LogP contribution in [0.5, 0.6) is 0 Å². The van der Waals surface area contributed by atoms with Crippen molar-refractivity contribution < 1.29 is 14.3 Å². The predicted octanol–water partition coefficient (Wildman–Crippen LogP) is 6.21. The molecule has 11 heteroatoms. The Labute approximate surface area is 225 Å². The van der Waals surface area contributed by atoms with Crippen molar-refractivity contribution in [3.8, 4) is 17.2 Å². The maximum absolute atomic E-state index is 13.6.